The maximum Gasteiger partial charge on any atom is 0.279 e. The third-order valence-electron chi connectivity index (χ3n) is 5.22. The first-order chi connectivity index (χ1) is 16.3. The summed E-state index contributed by atoms with van der Waals surface area (Å²) in [5, 5.41) is 5.42. The second-order valence-electron chi connectivity index (χ2n) is 7.67. The molecule has 0 bridgehead atoms. The van der Waals surface area contributed by atoms with Crippen molar-refractivity contribution in [1.29, 1.82) is 0 Å². The second-order valence-corrected chi connectivity index (χ2v) is 8.05. The zero-order valence-electron chi connectivity index (χ0n) is 18.2. The highest BCUT2D eigenvalue weighted by Crippen LogP contribution is 2.27. The smallest absolute Gasteiger partial charge is 0.279 e. The van der Waals surface area contributed by atoms with E-state index in [1.807, 2.05) is 30.3 Å². The van der Waals surface area contributed by atoms with E-state index in [4.69, 9.17) is 11.6 Å². The largest absolute Gasteiger partial charge is 0.350 e. The van der Waals surface area contributed by atoms with Gasteiger partial charge in [0.05, 0.1) is 6.54 Å². The minimum absolute atomic E-state index is 0.0469. The molecule has 1 heterocycles. The molecule has 3 aromatic carbocycles. The zero-order valence-corrected chi connectivity index (χ0v) is 18.9. The number of carbonyl (C=O) groups is 4. The second kappa shape index (κ2) is 9.72. The Morgan fingerprint density at radius 1 is 0.824 bits per heavy atom. The molecule has 3 aromatic rings. The Hall–Kier alpha value is -4.23. The molecular weight excluding hydrogens is 454 g/mol. The lowest BCUT2D eigenvalue weighted by Crippen LogP contribution is -2.31. The van der Waals surface area contributed by atoms with E-state index in [1.165, 1.54) is 6.92 Å². The lowest BCUT2D eigenvalue weighted by molar-refractivity contribution is -0.138. The number of nitrogens with zero attached hydrogens (tertiary/aromatic N) is 1. The van der Waals surface area contributed by atoms with Crippen molar-refractivity contribution >= 4 is 46.5 Å². The minimum Gasteiger partial charge on any atom is -0.350 e. The van der Waals surface area contributed by atoms with Crippen LogP contribution >= 0.6 is 11.6 Å². The predicted molar refractivity (Wildman–Crippen MR) is 129 cm³/mol. The van der Waals surface area contributed by atoms with Crippen LogP contribution in [0.3, 0.4) is 0 Å². The van der Waals surface area contributed by atoms with Gasteiger partial charge in [0.15, 0.2) is 5.78 Å². The molecule has 3 amide bonds. The van der Waals surface area contributed by atoms with Crippen LogP contribution in [-0.2, 0) is 16.1 Å². The summed E-state index contributed by atoms with van der Waals surface area (Å²) in [6, 6.07) is 22.2. The molecule has 1 aliphatic heterocycles. The Labute approximate surface area is 201 Å². The number of benzene rings is 3. The highest BCUT2D eigenvalue weighted by molar-refractivity contribution is 6.48. The van der Waals surface area contributed by atoms with Crippen molar-refractivity contribution in [1.82, 2.24) is 4.90 Å². The van der Waals surface area contributed by atoms with Gasteiger partial charge >= 0.3 is 0 Å². The summed E-state index contributed by atoms with van der Waals surface area (Å²) in [5.41, 5.74) is 2.44. The number of carbonyl (C=O) groups excluding carboxylic acids is 4. The topological polar surface area (TPSA) is 95.6 Å². The molecule has 0 saturated carbocycles. The lowest BCUT2D eigenvalue weighted by Gasteiger charge is -2.15. The van der Waals surface area contributed by atoms with Crippen molar-refractivity contribution in [3.63, 3.8) is 0 Å². The first-order valence-corrected chi connectivity index (χ1v) is 10.8. The molecule has 8 heteroatoms. The van der Waals surface area contributed by atoms with E-state index in [9.17, 15) is 19.2 Å². The summed E-state index contributed by atoms with van der Waals surface area (Å²) >= 11 is 6.18. The highest BCUT2D eigenvalue weighted by Gasteiger charge is 2.37. The number of hydrogen-bond acceptors (Lipinski definition) is 5. The van der Waals surface area contributed by atoms with Crippen LogP contribution in [0, 0.1) is 0 Å². The van der Waals surface area contributed by atoms with Gasteiger partial charge in [-0.25, -0.2) is 0 Å². The molecule has 170 valence electrons. The van der Waals surface area contributed by atoms with Crippen molar-refractivity contribution in [2.45, 2.75) is 13.5 Å². The molecule has 0 atom stereocenters. The van der Waals surface area contributed by atoms with E-state index in [0.29, 0.717) is 22.5 Å². The summed E-state index contributed by atoms with van der Waals surface area (Å²) in [7, 11) is 0. The average molecular weight is 474 g/mol. The van der Waals surface area contributed by atoms with Crippen LogP contribution in [-0.4, -0.2) is 28.4 Å². The van der Waals surface area contributed by atoms with Gasteiger partial charge in [-0.3, -0.25) is 24.1 Å². The van der Waals surface area contributed by atoms with Crippen LogP contribution in [0.5, 0.6) is 0 Å². The summed E-state index contributed by atoms with van der Waals surface area (Å²) in [6.07, 6.45) is 0. The summed E-state index contributed by atoms with van der Waals surface area (Å²) in [6.45, 7) is 1.55. The van der Waals surface area contributed by atoms with E-state index in [2.05, 4.69) is 10.6 Å². The summed E-state index contributed by atoms with van der Waals surface area (Å²) in [5.74, 6) is -1.64. The van der Waals surface area contributed by atoms with Crippen LogP contribution in [0.1, 0.15) is 33.2 Å². The van der Waals surface area contributed by atoms with Gasteiger partial charge < -0.3 is 10.6 Å². The molecule has 7 nitrogen and oxygen atoms in total. The van der Waals surface area contributed by atoms with Crippen LogP contribution in [0.2, 0.25) is 0 Å². The number of hydrogen-bond donors (Lipinski definition) is 2. The van der Waals surface area contributed by atoms with Gasteiger partial charge in [0.1, 0.15) is 10.7 Å². The number of imide groups is 1. The quantitative estimate of drug-likeness (QED) is 0.387. The van der Waals surface area contributed by atoms with E-state index < -0.39 is 17.7 Å². The molecular formula is C26H20ClN3O4. The number of rotatable bonds is 7. The number of nitrogens with one attached hydrogen (secondary N) is 2. The molecule has 0 saturated heterocycles. The predicted octanol–water partition coefficient (Wildman–Crippen LogP) is 4.57. The molecule has 0 unspecified atom stereocenters. The van der Waals surface area contributed by atoms with Gasteiger partial charge in [-0.15, -0.1) is 0 Å². The Balaban J connectivity index is 1.49. The van der Waals surface area contributed by atoms with Crippen molar-refractivity contribution in [3.05, 3.63) is 106 Å². The standard InChI is InChI=1S/C26H20ClN3O4/c1-16(31)18-9-5-12-21(13-18)29-24(32)19-10-6-11-20(14-19)28-23-22(27)25(33)30(26(23)34)15-17-7-3-2-4-8-17/h2-14,28H,15H2,1H3,(H,29,32). The van der Waals surface area contributed by atoms with Crippen molar-refractivity contribution in [2.75, 3.05) is 10.6 Å². The van der Waals surface area contributed by atoms with Gasteiger partial charge in [0.2, 0.25) is 0 Å². The fourth-order valence-corrected chi connectivity index (χ4v) is 3.70. The van der Waals surface area contributed by atoms with E-state index in [-0.39, 0.29) is 23.1 Å². The van der Waals surface area contributed by atoms with Gasteiger partial charge in [-0.05, 0) is 42.8 Å². The number of halogens is 1. The Morgan fingerprint density at radius 3 is 2.18 bits per heavy atom. The fourth-order valence-electron chi connectivity index (χ4n) is 3.47. The normalized spacial score (nSPS) is 13.3. The van der Waals surface area contributed by atoms with E-state index >= 15 is 0 Å². The average Bonchev–Trinajstić information content (AvgIpc) is 3.03. The van der Waals surface area contributed by atoms with E-state index in [0.717, 1.165) is 10.5 Å². The van der Waals surface area contributed by atoms with Crippen LogP contribution in [0.4, 0.5) is 11.4 Å². The number of anilines is 2. The third kappa shape index (κ3) is 4.89. The molecule has 2 N–H and O–H groups in total. The fraction of sp³-hybridized carbons (Fsp3) is 0.0769. The Bertz CT molecular complexity index is 1330. The zero-order chi connectivity index (χ0) is 24.2. The van der Waals surface area contributed by atoms with Crippen LogP contribution in [0.15, 0.2) is 89.6 Å². The number of amides is 3. The number of Topliss-reactive ketones (excluding diaryl/α,β-unsaturated/α-hetero) is 1. The minimum atomic E-state index is -0.586. The lowest BCUT2D eigenvalue weighted by atomic mass is 10.1. The molecule has 34 heavy (non-hydrogen) atoms. The van der Waals surface area contributed by atoms with Crippen LogP contribution in [0.25, 0.3) is 0 Å². The molecule has 0 aliphatic carbocycles. The molecule has 4 rings (SSSR count). The molecule has 0 radical (unpaired) electrons. The third-order valence-corrected chi connectivity index (χ3v) is 5.57. The maximum atomic E-state index is 12.9. The molecule has 0 aromatic heterocycles. The van der Waals surface area contributed by atoms with Crippen molar-refractivity contribution < 1.29 is 19.2 Å². The molecule has 0 spiro atoms. The summed E-state index contributed by atoms with van der Waals surface area (Å²) in [4.78, 5) is 50.8. The van der Waals surface area contributed by atoms with Gasteiger partial charge in [0.25, 0.3) is 17.7 Å². The Morgan fingerprint density at radius 2 is 1.47 bits per heavy atom. The molecule has 0 fully saturated rings. The Kier molecular flexibility index (Phi) is 6.56. The first-order valence-electron chi connectivity index (χ1n) is 10.4. The van der Waals surface area contributed by atoms with Gasteiger partial charge in [-0.1, -0.05) is 60.1 Å². The first kappa shape index (κ1) is 22.9. The van der Waals surface area contributed by atoms with E-state index in [1.54, 1.807) is 48.5 Å². The highest BCUT2D eigenvalue weighted by atomic mass is 35.5. The molecule has 1 aliphatic rings. The summed E-state index contributed by atoms with van der Waals surface area (Å²) < 4.78 is 0. The maximum absolute atomic E-state index is 12.9. The van der Waals surface area contributed by atoms with Gasteiger partial charge in [0, 0.05) is 22.5 Å². The SMILES string of the molecule is CC(=O)c1cccc(NC(=O)c2cccc(NC3=C(Cl)C(=O)N(Cc4ccccc4)C3=O)c2)c1. The van der Waals surface area contributed by atoms with Crippen LogP contribution < -0.4 is 10.6 Å². The monoisotopic (exact) mass is 473 g/mol. The van der Waals surface area contributed by atoms with Crippen molar-refractivity contribution in [3.8, 4) is 0 Å². The van der Waals surface area contributed by atoms with Crippen molar-refractivity contribution in [2.24, 2.45) is 0 Å². The van der Waals surface area contributed by atoms with Gasteiger partial charge in [-0.2, -0.15) is 0 Å². The number of ketones is 1.